The van der Waals surface area contributed by atoms with E-state index in [1.807, 2.05) is 31.2 Å². The Morgan fingerprint density at radius 2 is 2.00 bits per heavy atom. The normalized spacial score (nSPS) is 19.9. The summed E-state index contributed by atoms with van der Waals surface area (Å²) >= 11 is 3.37. The van der Waals surface area contributed by atoms with Crippen LogP contribution in [0, 0.1) is 0 Å². The van der Waals surface area contributed by atoms with E-state index in [2.05, 4.69) is 21.2 Å². The molecule has 1 aromatic rings. The van der Waals surface area contributed by atoms with Gasteiger partial charge in [-0.15, -0.1) is 0 Å². The molecule has 0 aromatic heterocycles. The SMILES string of the molecule is CCC1C(=O)NCC(=O)N1Cc1ccc(Br)cc1. The van der Waals surface area contributed by atoms with Crippen LogP contribution in [0.1, 0.15) is 18.9 Å². The van der Waals surface area contributed by atoms with Gasteiger partial charge in [0, 0.05) is 11.0 Å². The van der Waals surface area contributed by atoms with E-state index in [-0.39, 0.29) is 24.4 Å². The molecule has 1 N–H and O–H groups in total. The number of halogens is 1. The molecule has 0 radical (unpaired) electrons. The molecule has 0 aliphatic carbocycles. The Bertz CT molecular complexity index is 459. The highest BCUT2D eigenvalue weighted by atomic mass is 79.9. The molecule has 18 heavy (non-hydrogen) atoms. The highest BCUT2D eigenvalue weighted by molar-refractivity contribution is 9.10. The van der Waals surface area contributed by atoms with Crippen molar-refractivity contribution in [1.82, 2.24) is 10.2 Å². The molecule has 1 saturated heterocycles. The molecule has 5 heteroatoms. The number of rotatable bonds is 3. The maximum Gasteiger partial charge on any atom is 0.243 e. The Labute approximate surface area is 114 Å². The molecular weight excluding hydrogens is 296 g/mol. The zero-order valence-electron chi connectivity index (χ0n) is 10.1. The lowest BCUT2D eigenvalue weighted by atomic mass is 10.1. The number of carbonyl (C=O) groups excluding carboxylic acids is 2. The molecule has 0 saturated carbocycles. The van der Waals surface area contributed by atoms with Crippen LogP contribution >= 0.6 is 15.9 Å². The number of piperazine rings is 1. The molecule has 0 bridgehead atoms. The summed E-state index contributed by atoms with van der Waals surface area (Å²) in [5, 5.41) is 2.62. The predicted octanol–water partition coefficient (Wildman–Crippen LogP) is 1.69. The van der Waals surface area contributed by atoms with Gasteiger partial charge >= 0.3 is 0 Å². The van der Waals surface area contributed by atoms with Crippen LogP contribution in [0.3, 0.4) is 0 Å². The minimum atomic E-state index is -0.352. The van der Waals surface area contributed by atoms with Crippen molar-refractivity contribution >= 4 is 27.7 Å². The van der Waals surface area contributed by atoms with Crippen LogP contribution in [-0.2, 0) is 16.1 Å². The van der Waals surface area contributed by atoms with Gasteiger partial charge in [-0.3, -0.25) is 9.59 Å². The zero-order chi connectivity index (χ0) is 13.1. The van der Waals surface area contributed by atoms with Gasteiger partial charge in [0.1, 0.15) is 6.04 Å². The van der Waals surface area contributed by atoms with E-state index in [1.54, 1.807) is 4.90 Å². The smallest absolute Gasteiger partial charge is 0.243 e. The number of nitrogens with one attached hydrogen (secondary N) is 1. The molecule has 2 amide bonds. The lowest BCUT2D eigenvalue weighted by Crippen LogP contribution is -2.57. The summed E-state index contributed by atoms with van der Waals surface area (Å²) in [6, 6.07) is 7.43. The third-order valence-electron chi connectivity index (χ3n) is 3.07. The van der Waals surface area contributed by atoms with Gasteiger partial charge in [-0.05, 0) is 24.1 Å². The van der Waals surface area contributed by atoms with Gasteiger partial charge < -0.3 is 10.2 Å². The van der Waals surface area contributed by atoms with Crippen LogP contribution in [0.25, 0.3) is 0 Å². The maximum atomic E-state index is 11.9. The summed E-state index contributed by atoms with van der Waals surface area (Å²) in [6.45, 7) is 2.50. The highest BCUT2D eigenvalue weighted by Gasteiger charge is 2.32. The van der Waals surface area contributed by atoms with Gasteiger partial charge in [0.15, 0.2) is 0 Å². The Morgan fingerprint density at radius 3 is 2.61 bits per heavy atom. The van der Waals surface area contributed by atoms with Crippen molar-refractivity contribution in [3.8, 4) is 0 Å². The lowest BCUT2D eigenvalue weighted by Gasteiger charge is -2.34. The van der Waals surface area contributed by atoms with Crippen LogP contribution in [-0.4, -0.2) is 29.3 Å². The van der Waals surface area contributed by atoms with Crippen LogP contribution in [0.2, 0.25) is 0 Å². The third kappa shape index (κ3) is 2.72. The fourth-order valence-electron chi connectivity index (χ4n) is 2.09. The van der Waals surface area contributed by atoms with Gasteiger partial charge in [0.25, 0.3) is 0 Å². The van der Waals surface area contributed by atoms with Crippen molar-refractivity contribution in [2.45, 2.75) is 25.9 Å². The van der Waals surface area contributed by atoms with Crippen molar-refractivity contribution in [2.24, 2.45) is 0 Å². The molecule has 0 spiro atoms. The van der Waals surface area contributed by atoms with Crippen LogP contribution in [0.15, 0.2) is 28.7 Å². The van der Waals surface area contributed by atoms with Gasteiger partial charge in [-0.25, -0.2) is 0 Å². The van der Waals surface area contributed by atoms with Crippen LogP contribution < -0.4 is 5.32 Å². The molecule has 4 nitrogen and oxygen atoms in total. The Balaban J connectivity index is 2.16. The number of carbonyl (C=O) groups is 2. The van der Waals surface area contributed by atoms with Gasteiger partial charge in [0.05, 0.1) is 6.54 Å². The van der Waals surface area contributed by atoms with Crippen molar-refractivity contribution < 1.29 is 9.59 Å². The van der Waals surface area contributed by atoms with Gasteiger partial charge in [0.2, 0.25) is 11.8 Å². The lowest BCUT2D eigenvalue weighted by molar-refractivity contribution is -0.146. The minimum absolute atomic E-state index is 0.0237. The fourth-order valence-corrected chi connectivity index (χ4v) is 2.35. The second-order valence-electron chi connectivity index (χ2n) is 4.29. The summed E-state index contributed by atoms with van der Waals surface area (Å²) in [5.41, 5.74) is 1.03. The molecular formula is C13H15BrN2O2. The van der Waals surface area contributed by atoms with E-state index in [1.165, 1.54) is 0 Å². The molecule has 1 aromatic carbocycles. The molecule has 1 unspecified atom stereocenters. The predicted molar refractivity (Wildman–Crippen MR) is 71.8 cm³/mol. The van der Waals surface area contributed by atoms with E-state index in [4.69, 9.17) is 0 Å². The Kier molecular flexibility index (Phi) is 4.01. The first-order valence-electron chi connectivity index (χ1n) is 5.93. The molecule has 1 aliphatic rings. The summed E-state index contributed by atoms with van der Waals surface area (Å²) in [7, 11) is 0. The summed E-state index contributed by atoms with van der Waals surface area (Å²) in [4.78, 5) is 25.3. The largest absolute Gasteiger partial charge is 0.345 e. The summed E-state index contributed by atoms with van der Waals surface area (Å²) in [6.07, 6.45) is 0.633. The quantitative estimate of drug-likeness (QED) is 0.923. The molecule has 1 atom stereocenters. The first kappa shape index (κ1) is 13.1. The maximum absolute atomic E-state index is 11.9. The van der Waals surface area contributed by atoms with Crippen molar-refractivity contribution in [3.63, 3.8) is 0 Å². The number of benzene rings is 1. The van der Waals surface area contributed by atoms with Crippen LogP contribution in [0.5, 0.6) is 0 Å². The number of hydrogen-bond acceptors (Lipinski definition) is 2. The molecule has 1 aliphatic heterocycles. The monoisotopic (exact) mass is 310 g/mol. The van der Waals surface area contributed by atoms with Crippen LogP contribution in [0.4, 0.5) is 0 Å². The molecule has 96 valence electrons. The topological polar surface area (TPSA) is 49.4 Å². The average molecular weight is 311 g/mol. The fraction of sp³-hybridized carbons (Fsp3) is 0.385. The van der Waals surface area contributed by atoms with Crippen molar-refractivity contribution in [1.29, 1.82) is 0 Å². The second kappa shape index (κ2) is 5.52. The first-order chi connectivity index (χ1) is 8.61. The Hall–Kier alpha value is -1.36. The third-order valence-corrected chi connectivity index (χ3v) is 3.59. The molecule has 1 heterocycles. The zero-order valence-corrected chi connectivity index (χ0v) is 11.7. The number of hydrogen-bond donors (Lipinski definition) is 1. The van der Waals surface area contributed by atoms with E-state index in [0.717, 1.165) is 10.0 Å². The van der Waals surface area contributed by atoms with Crippen molar-refractivity contribution in [2.75, 3.05) is 6.54 Å². The van der Waals surface area contributed by atoms with Crippen molar-refractivity contribution in [3.05, 3.63) is 34.3 Å². The highest BCUT2D eigenvalue weighted by Crippen LogP contribution is 2.16. The number of amides is 2. The summed E-state index contributed by atoms with van der Waals surface area (Å²) in [5.74, 6) is -0.0846. The molecule has 1 fully saturated rings. The van der Waals surface area contributed by atoms with E-state index >= 15 is 0 Å². The van der Waals surface area contributed by atoms with E-state index in [9.17, 15) is 9.59 Å². The minimum Gasteiger partial charge on any atom is -0.345 e. The number of nitrogens with zero attached hydrogens (tertiary/aromatic N) is 1. The average Bonchev–Trinajstić information content (AvgIpc) is 2.37. The Morgan fingerprint density at radius 1 is 1.33 bits per heavy atom. The van der Waals surface area contributed by atoms with E-state index < -0.39 is 0 Å². The van der Waals surface area contributed by atoms with E-state index in [0.29, 0.717) is 13.0 Å². The second-order valence-corrected chi connectivity index (χ2v) is 5.21. The first-order valence-corrected chi connectivity index (χ1v) is 6.72. The van der Waals surface area contributed by atoms with Gasteiger partial charge in [-0.2, -0.15) is 0 Å². The van der Waals surface area contributed by atoms with Gasteiger partial charge in [-0.1, -0.05) is 35.0 Å². The standard InChI is InChI=1S/C13H15BrN2O2/c1-2-11-13(18)15-7-12(17)16(11)8-9-3-5-10(14)6-4-9/h3-6,11H,2,7-8H2,1H3,(H,15,18). The summed E-state index contributed by atoms with van der Waals surface area (Å²) < 4.78 is 1.00. The molecule has 2 rings (SSSR count).